The van der Waals surface area contributed by atoms with Crippen LogP contribution in [0.15, 0.2) is 183 Å². The summed E-state index contributed by atoms with van der Waals surface area (Å²) in [4.78, 5) is 132. The Morgan fingerprint density at radius 3 is 0.821 bits per heavy atom. The summed E-state index contributed by atoms with van der Waals surface area (Å²) in [6.45, 7) is 39.2. The highest BCUT2D eigenvalue weighted by Crippen LogP contribution is 2.59. The first-order valence-corrected chi connectivity index (χ1v) is 37.2. The molecule has 4 amide bonds. The third kappa shape index (κ3) is 15.3. The molecule has 13 rings (SSSR count). The number of esters is 4. The van der Waals surface area contributed by atoms with E-state index in [1.165, 1.54) is 60.9 Å². The van der Waals surface area contributed by atoms with E-state index < -0.39 is 59.6 Å². The minimum Gasteiger partial charge on any atom is -0.457 e. The molecule has 4 heterocycles. The topological polar surface area (TPSA) is 243 Å². The van der Waals surface area contributed by atoms with Gasteiger partial charge in [0.2, 0.25) is 11.8 Å². The average Bonchev–Trinajstić information content (AvgIpc) is 0.670. The number of carbonyl (C=O) groups is 8. The van der Waals surface area contributed by atoms with Gasteiger partial charge in [-0.2, -0.15) is 0 Å². The zero-order valence-corrected chi connectivity index (χ0v) is 65.6. The number of rotatable bonds is 22. The van der Waals surface area contributed by atoms with Crippen LogP contribution < -0.4 is 37.9 Å². The SMILES string of the molecule is C=CC(=O)Oc1ccnc(OC(=O)C(CC(C)C)N2C(=O)c3cc(Oc4ccc(C(C)(C)C)cc4)c4c5c(Oc6ccc(C(C)(C)C)cc6)cc6c7c(cc(Oc8ccc(C(C)(C)C)cc8)c(c8c(Oc9ccc(C(C)(C)C)cc9)cc(c3c48)C2=O)c75)C(=O)N(C(CC(C)C)C(=O)Oc2cc(OC(=O)C=C)ccn2)C6=O)c1. The van der Waals surface area contributed by atoms with Crippen LogP contribution in [-0.4, -0.2) is 79.4 Å². The van der Waals surface area contributed by atoms with Gasteiger partial charge in [0.15, 0.2) is 0 Å². The maximum atomic E-state index is 16.5. The molecule has 0 aliphatic carbocycles. The van der Waals surface area contributed by atoms with Gasteiger partial charge in [-0.3, -0.25) is 29.0 Å². The number of ether oxygens (including phenoxy) is 8. The molecule has 0 spiro atoms. The third-order valence-electron chi connectivity index (χ3n) is 19.9. The van der Waals surface area contributed by atoms with Crippen LogP contribution in [0.5, 0.6) is 69.3 Å². The highest BCUT2D eigenvalue weighted by atomic mass is 16.6. The number of fused-ring (bicyclic) bond motifs is 2. The third-order valence-corrected chi connectivity index (χ3v) is 19.9. The Kier molecular flexibility index (Phi) is 20.6. The molecule has 20 nitrogen and oxygen atoms in total. The molecule has 0 fully saturated rings. The minimum absolute atomic E-state index is 0.0110. The first kappa shape index (κ1) is 77.6. The van der Waals surface area contributed by atoms with Crippen LogP contribution in [0.4, 0.5) is 0 Å². The van der Waals surface area contributed by atoms with Gasteiger partial charge in [0.25, 0.3) is 23.6 Å². The van der Waals surface area contributed by atoms with Gasteiger partial charge in [0.05, 0.1) is 22.3 Å². The van der Waals surface area contributed by atoms with Gasteiger partial charge < -0.3 is 37.9 Å². The summed E-state index contributed by atoms with van der Waals surface area (Å²) in [7, 11) is 0. The standard InChI is InChI=1S/C92H88N4O16/c1-19-73(97)109-59-37-39-93-71(43-59)111-87(103)65(41-49(3)4)95-83(99)61-45-67(105-55-29-21-51(22-30-55)89(7,8)9)77-79-69(107-57-33-25-53(26-34-57)91(13,14)15)47-63-76-64(86(102)96(85(63)101)66(42-50(5)6)88(104)112-72-44-60(38-40-94-72)110-74(98)20-2)48-70(108-58-35-27-54(28-36-58)92(16,17)18)80(82(76)79)78-68(46-62(84(95)100)75(61)81(77)78)106-56-31-23-52(24-32-56)90(10,11)12/h19-40,43-50,65-66H,1-2,41-42H2,3-18H3. The second kappa shape index (κ2) is 29.7. The molecule has 0 saturated heterocycles. The van der Waals surface area contributed by atoms with Crippen molar-refractivity contribution in [3.63, 3.8) is 0 Å². The van der Waals surface area contributed by atoms with Crippen molar-refractivity contribution in [2.75, 3.05) is 0 Å². The molecule has 11 aromatic rings. The maximum Gasteiger partial charge on any atom is 0.336 e. The number of pyridine rings is 2. The van der Waals surface area contributed by atoms with Gasteiger partial charge in [0, 0.05) is 79.8 Å². The second-order valence-electron chi connectivity index (χ2n) is 33.2. The van der Waals surface area contributed by atoms with Crippen LogP contribution >= 0.6 is 0 Å². The molecule has 2 unspecified atom stereocenters. The number of hydrogen-bond donors (Lipinski definition) is 0. The number of benzene rings is 9. The van der Waals surface area contributed by atoms with Crippen molar-refractivity contribution in [1.82, 2.24) is 19.8 Å². The van der Waals surface area contributed by atoms with Crippen molar-refractivity contribution in [3.8, 4) is 69.3 Å². The van der Waals surface area contributed by atoms with E-state index in [0.29, 0.717) is 23.0 Å². The number of hydrogen-bond acceptors (Lipinski definition) is 18. The van der Waals surface area contributed by atoms with Gasteiger partial charge in [-0.05, 0) is 154 Å². The molecule has 20 heteroatoms. The summed E-state index contributed by atoms with van der Waals surface area (Å²) in [5.41, 5.74) is 2.29. The molecular weight excluding hydrogens is 1420 g/mol. The van der Waals surface area contributed by atoms with Crippen LogP contribution in [0.1, 0.15) is 187 Å². The van der Waals surface area contributed by atoms with Crippen LogP contribution in [0.3, 0.4) is 0 Å². The number of carbonyl (C=O) groups excluding carboxylic acids is 8. The van der Waals surface area contributed by atoms with E-state index in [2.05, 4.69) is 106 Å². The monoisotopic (exact) mass is 1500 g/mol. The van der Waals surface area contributed by atoms with Crippen LogP contribution in [0.25, 0.3) is 43.1 Å². The highest BCUT2D eigenvalue weighted by molar-refractivity contribution is 6.45. The van der Waals surface area contributed by atoms with E-state index >= 15 is 28.8 Å². The summed E-state index contributed by atoms with van der Waals surface area (Å²) < 4.78 is 52.0. The first-order valence-electron chi connectivity index (χ1n) is 37.2. The average molecular weight is 1510 g/mol. The zero-order chi connectivity index (χ0) is 80.5. The van der Waals surface area contributed by atoms with Crippen LogP contribution in [0, 0.1) is 11.8 Å². The Balaban J connectivity index is 1.17. The summed E-state index contributed by atoms with van der Waals surface area (Å²) in [5, 5.41) is 1.49. The minimum atomic E-state index is -1.63. The molecule has 9 aromatic carbocycles. The molecule has 2 atom stereocenters. The van der Waals surface area contributed by atoms with Gasteiger partial charge in [-0.25, -0.2) is 29.1 Å². The smallest absolute Gasteiger partial charge is 0.336 e. The van der Waals surface area contributed by atoms with Crippen LogP contribution in [0.2, 0.25) is 0 Å². The predicted octanol–water partition coefficient (Wildman–Crippen LogP) is 20.3. The van der Waals surface area contributed by atoms with E-state index in [0.717, 1.165) is 44.2 Å². The fourth-order valence-corrected chi connectivity index (χ4v) is 14.2. The maximum absolute atomic E-state index is 16.5. The largest absolute Gasteiger partial charge is 0.457 e. The normalized spacial score (nSPS) is 13.8. The number of amides is 4. The molecule has 2 aromatic heterocycles. The van der Waals surface area contributed by atoms with E-state index in [1.807, 2.05) is 76.2 Å². The van der Waals surface area contributed by atoms with Crippen molar-refractivity contribution in [2.45, 2.75) is 157 Å². The molecule has 0 saturated carbocycles. The van der Waals surface area contributed by atoms with Crippen molar-refractivity contribution < 1.29 is 76.3 Å². The predicted molar refractivity (Wildman–Crippen MR) is 427 cm³/mol. The van der Waals surface area contributed by atoms with Crippen molar-refractivity contribution in [2.24, 2.45) is 11.8 Å². The summed E-state index contributed by atoms with van der Waals surface area (Å²) >= 11 is 0. The highest BCUT2D eigenvalue weighted by Gasteiger charge is 2.48. The lowest BCUT2D eigenvalue weighted by atomic mass is 9.80. The Morgan fingerprint density at radius 1 is 0.348 bits per heavy atom. The zero-order valence-electron chi connectivity index (χ0n) is 65.6. The first-order chi connectivity index (χ1) is 52.9. The number of nitrogens with zero attached hydrogens (tertiary/aromatic N) is 4. The lowest BCUT2D eigenvalue weighted by molar-refractivity contribution is -0.140. The summed E-state index contributed by atoms with van der Waals surface area (Å²) in [6.07, 6.45) is 4.26. The van der Waals surface area contributed by atoms with E-state index in [-0.39, 0.29) is 158 Å². The van der Waals surface area contributed by atoms with Gasteiger partial charge >= 0.3 is 23.9 Å². The molecular formula is C92H88N4O16. The lowest BCUT2D eigenvalue weighted by Crippen LogP contribution is -2.52. The molecule has 2 aliphatic rings. The molecule has 572 valence electrons. The van der Waals surface area contributed by atoms with E-state index in [1.54, 1.807) is 48.5 Å². The molecule has 0 radical (unpaired) electrons. The lowest BCUT2D eigenvalue weighted by Gasteiger charge is -2.36. The Bertz CT molecular complexity index is 5080. The van der Waals surface area contributed by atoms with Gasteiger partial charge in [-0.15, -0.1) is 0 Å². The number of imide groups is 2. The van der Waals surface area contributed by atoms with Crippen molar-refractivity contribution >= 4 is 90.6 Å². The summed E-state index contributed by atoms with van der Waals surface area (Å²) in [6, 6.07) is 37.9. The van der Waals surface area contributed by atoms with Crippen molar-refractivity contribution in [3.05, 3.63) is 228 Å². The van der Waals surface area contributed by atoms with Gasteiger partial charge in [-0.1, -0.05) is 172 Å². The van der Waals surface area contributed by atoms with Crippen molar-refractivity contribution in [1.29, 1.82) is 0 Å². The molecule has 0 N–H and O–H groups in total. The fourth-order valence-electron chi connectivity index (χ4n) is 14.2. The Morgan fingerprint density at radius 2 is 0.598 bits per heavy atom. The Hall–Kier alpha value is -12.6. The molecule has 2 aliphatic heterocycles. The summed E-state index contributed by atoms with van der Waals surface area (Å²) in [5.74, 6) is -7.38. The fraction of sp³-hybridized carbons (Fsp3) is 0.283. The second-order valence-corrected chi connectivity index (χ2v) is 33.2. The molecule has 0 bridgehead atoms. The Labute approximate surface area is 649 Å². The van der Waals surface area contributed by atoms with E-state index in [9.17, 15) is 9.59 Å². The van der Waals surface area contributed by atoms with Crippen LogP contribution in [-0.2, 0) is 40.8 Å². The number of aromatic nitrogens is 2. The van der Waals surface area contributed by atoms with Gasteiger partial charge in [0.1, 0.15) is 69.6 Å². The molecule has 112 heavy (non-hydrogen) atoms. The quantitative estimate of drug-likeness (QED) is 0.0201. The van der Waals surface area contributed by atoms with E-state index in [4.69, 9.17) is 37.9 Å².